The highest BCUT2D eigenvalue weighted by Crippen LogP contribution is 2.29. The van der Waals surface area contributed by atoms with E-state index >= 15 is 0 Å². The van der Waals surface area contributed by atoms with Crippen LogP contribution in [0.25, 0.3) is 16.9 Å². The lowest BCUT2D eigenvalue weighted by Crippen LogP contribution is -2.41. The average molecular weight is 508 g/mol. The molecule has 1 unspecified atom stereocenters. The standard InChI is InChI=1S/C25H27BClN5O2S/c1-17-6-4-8-19(12-17)35(33,34)31-11-5-7-18(16-31)14-28-24-13-23(20-9-2-3-10-22(20)27)30-25-21(26)15-29-32(24)25/h2-4,6,8-10,12-13,15,18,28H,5,7,11,14,16,26H2,1H3. The molecule has 1 N–H and O–H groups in total. The molecular formula is C25H27BClN5O2S. The molecule has 0 spiro atoms. The number of nitrogens with one attached hydrogen (secondary N) is 1. The Hall–Kier alpha value is -2.88. The predicted octanol–water partition coefficient (Wildman–Crippen LogP) is 3.13. The summed E-state index contributed by atoms with van der Waals surface area (Å²) in [5.41, 5.74) is 4.29. The number of aromatic nitrogens is 3. The van der Waals surface area contributed by atoms with Gasteiger partial charge in [0.2, 0.25) is 10.0 Å². The second kappa shape index (κ2) is 9.64. The van der Waals surface area contributed by atoms with E-state index in [4.69, 9.17) is 16.6 Å². The number of aryl methyl sites for hydroxylation is 1. The van der Waals surface area contributed by atoms with Gasteiger partial charge in [0.15, 0.2) is 5.65 Å². The van der Waals surface area contributed by atoms with Crippen molar-refractivity contribution in [1.29, 1.82) is 0 Å². The van der Waals surface area contributed by atoms with E-state index in [1.807, 2.05) is 51.2 Å². The van der Waals surface area contributed by atoms with E-state index in [-0.39, 0.29) is 5.92 Å². The van der Waals surface area contributed by atoms with Crippen LogP contribution in [0.5, 0.6) is 0 Å². The first kappa shape index (κ1) is 23.8. The maximum atomic E-state index is 13.2. The molecule has 1 saturated heterocycles. The van der Waals surface area contributed by atoms with Crippen LogP contribution in [-0.4, -0.2) is 54.8 Å². The van der Waals surface area contributed by atoms with E-state index in [1.54, 1.807) is 33.2 Å². The molecule has 35 heavy (non-hydrogen) atoms. The highest BCUT2D eigenvalue weighted by atomic mass is 35.5. The number of nitrogens with zero attached hydrogens (tertiary/aromatic N) is 4. The Morgan fingerprint density at radius 3 is 2.80 bits per heavy atom. The van der Waals surface area contributed by atoms with Gasteiger partial charge in [0, 0.05) is 42.5 Å². The van der Waals surface area contributed by atoms with Gasteiger partial charge in [-0.15, -0.1) is 0 Å². The van der Waals surface area contributed by atoms with Crippen molar-refractivity contribution in [2.45, 2.75) is 24.7 Å². The minimum absolute atomic E-state index is 0.173. The number of piperidine rings is 1. The van der Waals surface area contributed by atoms with Crippen molar-refractivity contribution in [3.05, 3.63) is 71.4 Å². The van der Waals surface area contributed by atoms with Crippen LogP contribution in [0.15, 0.2) is 65.7 Å². The number of halogens is 1. The molecule has 2 aromatic carbocycles. The molecular weight excluding hydrogens is 481 g/mol. The van der Waals surface area contributed by atoms with Gasteiger partial charge in [-0.25, -0.2) is 13.4 Å². The van der Waals surface area contributed by atoms with Gasteiger partial charge >= 0.3 is 0 Å². The van der Waals surface area contributed by atoms with Gasteiger partial charge in [0.05, 0.1) is 10.6 Å². The third-order valence-electron chi connectivity index (χ3n) is 6.48. The number of anilines is 1. The molecule has 0 bridgehead atoms. The molecule has 1 atom stereocenters. The SMILES string of the molecule is Bc1cnn2c(NCC3CCCN(S(=O)(=O)c4cccc(C)c4)C3)cc(-c3ccccc3Cl)nc12. The third kappa shape index (κ3) is 4.81. The zero-order chi connectivity index (χ0) is 24.6. The Bertz CT molecular complexity index is 1490. The third-order valence-corrected chi connectivity index (χ3v) is 8.67. The summed E-state index contributed by atoms with van der Waals surface area (Å²) in [7, 11) is -1.54. The van der Waals surface area contributed by atoms with Gasteiger partial charge in [-0.05, 0) is 54.9 Å². The minimum atomic E-state index is -3.52. The molecule has 1 aliphatic rings. The summed E-state index contributed by atoms with van der Waals surface area (Å²) in [6.45, 7) is 3.55. The molecule has 10 heteroatoms. The molecule has 1 fully saturated rings. The smallest absolute Gasteiger partial charge is 0.243 e. The van der Waals surface area contributed by atoms with Crippen LogP contribution in [0.3, 0.4) is 0 Å². The van der Waals surface area contributed by atoms with Gasteiger partial charge in [0.1, 0.15) is 13.7 Å². The molecule has 0 amide bonds. The number of fused-ring (bicyclic) bond motifs is 1. The first-order chi connectivity index (χ1) is 16.8. The Balaban J connectivity index is 1.38. The van der Waals surface area contributed by atoms with Crippen LogP contribution in [0.1, 0.15) is 18.4 Å². The van der Waals surface area contributed by atoms with Gasteiger partial charge in [-0.1, -0.05) is 41.9 Å². The molecule has 7 nitrogen and oxygen atoms in total. The van der Waals surface area contributed by atoms with Crippen molar-refractivity contribution in [1.82, 2.24) is 18.9 Å². The summed E-state index contributed by atoms with van der Waals surface area (Å²) >= 11 is 6.45. The molecule has 180 valence electrons. The predicted molar refractivity (Wildman–Crippen MR) is 143 cm³/mol. The summed E-state index contributed by atoms with van der Waals surface area (Å²) in [6, 6.07) is 16.7. The lowest BCUT2D eigenvalue weighted by atomic mass is 9.99. The van der Waals surface area contributed by atoms with Crippen LogP contribution < -0.4 is 10.8 Å². The molecule has 4 aromatic rings. The van der Waals surface area contributed by atoms with Gasteiger partial charge in [-0.3, -0.25) is 0 Å². The number of rotatable bonds is 6. The normalized spacial score (nSPS) is 17.0. The van der Waals surface area contributed by atoms with Crippen LogP contribution in [0.2, 0.25) is 5.02 Å². The number of sulfonamides is 1. The van der Waals surface area contributed by atoms with Crippen LogP contribution in [-0.2, 0) is 10.0 Å². The Kier molecular flexibility index (Phi) is 6.57. The number of hydrogen-bond acceptors (Lipinski definition) is 5. The van der Waals surface area contributed by atoms with Crippen LogP contribution >= 0.6 is 11.6 Å². The van der Waals surface area contributed by atoms with E-state index in [0.29, 0.717) is 29.6 Å². The summed E-state index contributed by atoms with van der Waals surface area (Å²) in [6.07, 6.45) is 3.58. The monoisotopic (exact) mass is 507 g/mol. The lowest BCUT2D eigenvalue weighted by molar-refractivity contribution is 0.275. The van der Waals surface area contributed by atoms with Crippen molar-refractivity contribution >= 4 is 46.4 Å². The average Bonchev–Trinajstić information content (AvgIpc) is 3.23. The minimum Gasteiger partial charge on any atom is -0.370 e. The van der Waals surface area contributed by atoms with Gasteiger partial charge in [0.25, 0.3) is 0 Å². The Morgan fingerprint density at radius 2 is 2.00 bits per heavy atom. The Morgan fingerprint density at radius 1 is 1.17 bits per heavy atom. The number of hydrogen-bond donors (Lipinski definition) is 1. The summed E-state index contributed by atoms with van der Waals surface area (Å²) in [4.78, 5) is 5.15. The van der Waals surface area contributed by atoms with Crippen LogP contribution in [0.4, 0.5) is 5.82 Å². The van der Waals surface area contributed by atoms with Crippen molar-refractivity contribution in [2.24, 2.45) is 5.92 Å². The fraction of sp³-hybridized carbons (Fsp3) is 0.280. The first-order valence-corrected chi connectivity index (χ1v) is 13.6. The summed E-state index contributed by atoms with van der Waals surface area (Å²) in [5, 5.41) is 8.65. The first-order valence-electron chi connectivity index (χ1n) is 11.7. The zero-order valence-corrected chi connectivity index (χ0v) is 21.4. The second-order valence-electron chi connectivity index (χ2n) is 9.14. The Labute approximate surface area is 211 Å². The highest BCUT2D eigenvalue weighted by molar-refractivity contribution is 7.89. The summed E-state index contributed by atoms with van der Waals surface area (Å²) < 4.78 is 29.9. The van der Waals surface area contributed by atoms with Crippen molar-refractivity contribution in [3.8, 4) is 11.3 Å². The summed E-state index contributed by atoms with van der Waals surface area (Å²) in [5.74, 6) is 0.976. The van der Waals surface area contributed by atoms with E-state index in [0.717, 1.165) is 46.6 Å². The molecule has 0 aliphatic carbocycles. The van der Waals surface area contributed by atoms with Crippen LogP contribution in [0, 0.1) is 12.8 Å². The molecule has 1 aliphatic heterocycles. The van der Waals surface area contributed by atoms with E-state index in [1.165, 1.54) is 0 Å². The molecule has 3 heterocycles. The largest absolute Gasteiger partial charge is 0.370 e. The molecule has 0 saturated carbocycles. The molecule has 2 aromatic heterocycles. The maximum absolute atomic E-state index is 13.2. The molecule has 5 rings (SSSR count). The highest BCUT2D eigenvalue weighted by Gasteiger charge is 2.30. The lowest BCUT2D eigenvalue weighted by Gasteiger charge is -2.32. The number of benzene rings is 2. The van der Waals surface area contributed by atoms with Gasteiger partial charge in [-0.2, -0.15) is 13.9 Å². The topological polar surface area (TPSA) is 79.6 Å². The van der Waals surface area contributed by atoms with E-state index in [2.05, 4.69) is 10.4 Å². The quantitative estimate of drug-likeness (QED) is 0.406. The second-order valence-corrected chi connectivity index (χ2v) is 11.5. The molecule has 0 radical (unpaired) electrons. The van der Waals surface area contributed by atoms with Crippen molar-refractivity contribution < 1.29 is 8.42 Å². The van der Waals surface area contributed by atoms with E-state index < -0.39 is 10.0 Å². The van der Waals surface area contributed by atoms with Crippen molar-refractivity contribution in [2.75, 3.05) is 25.0 Å². The van der Waals surface area contributed by atoms with Crippen molar-refractivity contribution in [3.63, 3.8) is 0 Å². The van der Waals surface area contributed by atoms with E-state index in [9.17, 15) is 8.42 Å². The zero-order valence-electron chi connectivity index (χ0n) is 19.8. The maximum Gasteiger partial charge on any atom is 0.243 e. The fourth-order valence-corrected chi connectivity index (χ4v) is 6.48. The van der Waals surface area contributed by atoms with Gasteiger partial charge < -0.3 is 5.32 Å². The fourth-order valence-electron chi connectivity index (χ4n) is 4.59.